The number of fused-ring (bicyclic) bond motifs is 3. The zero-order valence-electron chi connectivity index (χ0n) is 37.9. The van der Waals surface area contributed by atoms with E-state index in [4.69, 9.17) is 0 Å². The summed E-state index contributed by atoms with van der Waals surface area (Å²) < 4.78 is 488. The number of hydrogen-bond acceptors (Lipinski definition) is 1. The predicted molar refractivity (Wildman–Crippen MR) is 195 cm³/mol. The quantitative estimate of drug-likeness (QED) is 0.109. The van der Waals surface area contributed by atoms with Crippen LogP contribution >= 0.6 is 0 Å². The van der Waals surface area contributed by atoms with Gasteiger partial charge in [-0.15, -0.1) is 0 Å². The van der Waals surface area contributed by atoms with E-state index in [2.05, 4.69) is 0 Å². The average molecular weight is 1190 g/mol. The SMILES string of the molecule is CC(C)(C)c1ccc2c(c1)c1cc(C(C)(C)C)ccc1n2-c1cc(C(F)(F)C(F)(F)C(F)(F)C(F)(F)C(F)(F)C(F)(F)C(F)(F)C(F)(F)F)nc(C(F)(F)C(F)(F)C(F)(F)C(F)(F)C(F)(F)C(F)(F)C(F)(F)C(F)(F)F)c1. The van der Waals surface area contributed by atoms with Gasteiger partial charge in [0.2, 0.25) is 0 Å². The molecule has 2 nitrogen and oxygen atoms in total. The number of rotatable bonds is 15. The Labute approximate surface area is 405 Å². The molecule has 4 aromatic rings. The molecule has 0 unspecified atom stereocenters. The van der Waals surface area contributed by atoms with Crippen LogP contribution in [0.4, 0.5) is 149 Å². The Balaban J connectivity index is 2.25. The first kappa shape index (κ1) is 64.5. The molecule has 2 aromatic carbocycles. The summed E-state index contributed by atoms with van der Waals surface area (Å²) in [5, 5.41) is -0.773. The van der Waals surface area contributed by atoms with Crippen LogP contribution in [0.1, 0.15) is 64.1 Å². The molecule has 0 radical (unpaired) electrons. The summed E-state index contributed by atoms with van der Waals surface area (Å²) in [7, 11) is 0. The Morgan fingerprint density at radius 3 is 0.727 bits per heavy atom. The summed E-state index contributed by atoms with van der Waals surface area (Å²) in [4.78, 5) is 1.39. The predicted octanol–water partition coefficient (Wildman–Crippen LogP) is 17.7. The molecule has 36 heteroatoms. The fourth-order valence-corrected chi connectivity index (χ4v) is 6.85. The van der Waals surface area contributed by atoms with Crippen molar-refractivity contribution in [1.82, 2.24) is 9.55 Å². The van der Waals surface area contributed by atoms with Crippen LogP contribution in [0.3, 0.4) is 0 Å². The highest BCUT2D eigenvalue weighted by Crippen LogP contribution is 2.68. The largest absolute Gasteiger partial charge is 0.460 e. The van der Waals surface area contributed by atoms with E-state index < -0.39 is 146 Å². The fourth-order valence-electron chi connectivity index (χ4n) is 6.85. The van der Waals surface area contributed by atoms with Crippen molar-refractivity contribution in [2.24, 2.45) is 0 Å². The van der Waals surface area contributed by atoms with Crippen LogP contribution in [0.2, 0.25) is 0 Å². The van der Waals surface area contributed by atoms with Gasteiger partial charge in [0.1, 0.15) is 11.4 Å². The van der Waals surface area contributed by atoms with Gasteiger partial charge >= 0.3 is 95.3 Å². The molecule has 0 bridgehead atoms. The lowest BCUT2D eigenvalue weighted by Gasteiger charge is -2.43. The number of aromatic nitrogens is 2. The van der Waals surface area contributed by atoms with Crippen molar-refractivity contribution < 1.29 is 149 Å². The first-order valence-electron chi connectivity index (χ1n) is 19.9. The number of hydrogen-bond donors (Lipinski definition) is 0. The van der Waals surface area contributed by atoms with Gasteiger partial charge in [-0.2, -0.15) is 149 Å². The summed E-state index contributed by atoms with van der Waals surface area (Å²) >= 11 is 0. The summed E-state index contributed by atoms with van der Waals surface area (Å²) in [5.41, 5.74) is -14.2. The van der Waals surface area contributed by atoms with Crippen LogP contribution in [-0.2, 0) is 22.7 Å². The molecule has 0 aliphatic rings. The Kier molecular flexibility index (Phi) is 14.5. The van der Waals surface area contributed by atoms with Crippen molar-refractivity contribution in [3.63, 3.8) is 0 Å². The minimum absolute atomic E-state index is 0.0397. The monoisotopic (exact) mass is 1190 g/mol. The van der Waals surface area contributed by atoms with Gasteiger partial charge in [-0.1, -0.05) is 53.7 Å². The van der Waals surface area contributed by atoms with Crippen molar-refractivity contribution in [3.05, 3.63) is 71.0 Å². The maximum absolute atomic E-state index is 16.0. The standard InChI is InChI=1S/C41H26F34N2/c1-24(2,3)15-7-9-20-18(11-15)19-12-16(25(4,5)6)8-10-21(19)77(20)17-13-22(26(42,43)28(46,47)30(50,51)32(54,55)34(58,59)36(62,63)38(66,67)40(70,71)72)76-23(14-17)27(44,45)29(48,49)31(52,53)33(56,57)35(60,61)37(64,65)39(68,69)41(73,74)75/h7-14H,1-6H3. The molecule has 0 N–H and O–H groups in total. The van der Waals surface area contributed by atoms with Crippen molar-refractivity contribution in [2.45, 2.75) is 148 Å². The van der Waals surface area contributed by atoms with Crippen molar-refractivity contribution >= 4 is 21.8 Å². The third-order valence-corrected chi connectivity index (χ3v) is 11.7. The van der Waals surface area contributed by atoms with Crippen LogP contribution in [0.15, 0.2) is 48.5 Å². The Morgan fingerprint density at radius 2 is 0.506 bits per heavy atom. The molecule has 2 aromatic heterocycles. The molecule has 0 saturated heterocycles. The van der Waals surface area contributed by atoms with E-state index in [1.807, 2.05) is 0 Å². The van der Waals surface area contributed by atoms with E-state index in [1.165, 1.54) is 46.5 Å². The molecular weight excluding hydrogens is 1170 g/mol. The summed E-state index contributed by atoms with van der Waals surface area (Å²) in [6.45, 7) is 8.73. The second kappa shape index (κ2) is 17.3. The van der Waals surface area contributed by atoms with Gasteiger partial charge in [0, 0.05) is 10.8 Å². The van der Waals surface area contributed by atoms with Gasteiger partial charge in [0.25, 0.3) is 0 Å². The van der Waals surface area contributed by atoms with E-state index in [1.54, 1.807) is 0 Å². The van der Waals surface area contributed by atoms with Gasteiger partial charge < -0.3 is 4.57 Å². The highest BCUT2D eigenvalue weighted by atomic mass is 19.4. The number of benzene rings is 2. The van der Waals surface area contributed by atoms with Crippen LogP contribution in [-0.4, -0.2) is 93.0 Å². The van der Waals surface area contributed by atoms with E-state index >= 15 is 52.7 Å². The highest BCUT2D eigenvalue weighted by molar-refractivity contribution is 6.10. The van der Waals surface area contributed by atoms with Crippen LogP contribution in [0.5, 0.6) is 0 Å². The first-order chi connectivity index (χ1) is 33.4. The molecule has 2 heterocycles. The topological polar surface area (TPSA) is 17.8 Å². The Bertz CT molecular complexity index is 2700. The Morgan fingerprint density at radius 1 is 0.286 bits per heavy atom. The Hall–Kier alpha value is -4.99. The number of pyridine rings is 1. The number of alkyl halides is 34. The minimum Gasteiger partial charge on any atom is -0.309 e. The number of nitrogens with zero attached hydrogens (tertiary/aromatic N) is 2. The molecule has 0 saturated carbocycles. The van der Waals surface area contributed by atoms with Crippen LogP contribution in [0.25, 0.3) is 27.5 Å². The fraction of sp³-hybridized carbons (Fsp3) is 0.585. The van der Waals surface area contributed by atoms with Gasteiger partial charge in [0.05, 0.1) is 16.7 Å². The first-order valence-corrected chi connectivity index (χ1v) is 19.9. The van der Waals surface area contributed by atoms with Crippen LogP contribution < -0.4 is 0 Å². The van der Waals surface area contributed by atoms with Gasteiger partial charge in [0.15, 0.2) is 0 Å². The van der Waals surface area contributed by atoms with Gasteiger partial charge in [-0.05, 0) is 58.4 Å². The average Bonchev–Trinajstić information content (AvgIpc) is 3.57. The lowest BCUT2D eigenvalue weighted by molar-refractivity contribution is -0.463. The van der Waals surface area contributed by atoms with E-state index in [-0.39, 0.29) is 26.5 Å². The van der Waals surface area contributed by atoms with E-state index in [0.29, 0.717) is 12.1 Å². The highest BCUT2D eigenvalue weighted by Gasteiger charge is 2.97. The third kappa shape index (κ3) is 8.54. The minimum atomic E-state index is -9.46. The second-order valence-corrected chi connectivity index (χ2v) is 18.9. The summed E-state index contributed by atoms with van der Waals surface area (Å²) in [5.74, 6) is -127. The van der Waals surface area contributed by atoms with Crippen molar-refractivity contribution in [3.8, 4) is 5.69 Å². The molecule has 0 fully saturated rings. The maximum atomic E-state index is 16.0. The zero-order valence-corrected chi connectivity index (χ0v) is 37.9. The second-order valence-electron chi connectivity index (χ2n) is 18.9. The van der Waals surface area contributed by atoms with Gasteiger partial charge in [-0.3, -0.25) is 0 Å². The molecule has 0 amide bonds. The molecule has 0 atom stereocenters. The molecule has 0 spiro atoms. The normalized spacial score (nSPS) is 16.1. The van der Waals surface area contributed by atoms with Crippen molar-refractivity contribution in [1.29, 1.82) is 0 Å². The molecule has 4 rings (SSSR count). The zero-order chi connectivity index (χ0) is 61.1. The third-order valence-electron chi connectivity index (χ3n) is 11.7. The van der Waals surface area contributed by atoms with Crippen molar-refractivity contribution in [2.75, 3.05) is 0 Å². The molecule has 0 aliphatic heterocycles. The maximum Gasteiger partial charge on any atom is 0.460 e. The molecule has 0 aliphatic carbocycles. The van der Waals surface area contributed by atoms with Crippen LogP contribution in [0, 0.1) is 0 Å². The molecular formula is C41H26F34N2. The number of halogens is 34. The molecule has 438 valence electrons. The van der Waals surface area contributed by atoms with E-state index in [0.717, 1.165) is 24.3 Å². The smallest absolute Gasteiger partial charge is 0.309 e. The summed E-state index contributed by atoms with van der Waals surface area (Å²) in [6.07, 6.45) is -16.5. The van der Waals surface area contributed by atoms with Gasteiger partial charge in [-0.25, -0.2) is 4.98 Å². The lowest BCUT2D eigenvalue weighted by Crippen LogP contribution is -2.74. The lowest BCUT2D eigenvalue weighted by atomic mass is 9.85. The molecule has 77 heavy (non-hydrogen) atoms. The van der Waals surface area contributed by atoms with E-state index in [9.17, 15) is 96.6 Å². The summed E-state index contributed by atoms with van der Waals surface area (Å²) in [6, 6.07) is 3.09.